The van der Waals surface area contributed by atoms with Gasteiger partial charge in [0.05, 0.1) is 11.4 Å². The van der Waals surface area contributed by atoms with Gasteiger partial charge in [0, 0.05) is 30.9 Å². The molecule has 0 aliphatic carbocycles. The summed E-state index contributed by atoms with van der Waals surface area (Å²) >= 11 is 3.43. The quantitative estimate of drug-likeness (QED) is 0.774. The Morgan fingerprint density at radius 3 is 2.58 bits per heavy atom. The number of rotatable bonds is 4. The molecular weight excluding hydrogens is 402 g/mol. The van der Waals surface area contributed by atoms with Crippen molar-refractivity contribution in [2.24, 2.45) is 0 Å². The minimum absolute atomic E-state index is 0.0619. The minimum atomic E-state index is -0.584. The largest absolute Gasteiger partial charge is 0.444 e. The number of hydrogen-bond acceptors (Lipinski definition) is 4. The van der Waals surface area contributed by atoms with Crippen molar-refractivity contribution in [2.45, 2.75) is 46.1 Å². The fourth-order valence-electron chi connectivity index (χ4n) is 2.72. The average Bonchev–Trinajstić information content (AvgIpc) is 2.89. The topological polar surface area (TPSA) is 87.7 Å². The van der Waals surface area contributed by atoms with Gasteiger partial charge in [0.1, 0.15) is 5.60 Å². The molecule has 1 aromatic carbocycles. The summed E-state index contributed by atoms with van der Waals surface area (Å²) < 4.78 is 5.96. The highest BCUT2D eigenvalue weighted by Crippen LogP contribution is 2.38. The maximum atomic E-state index is 12.2. The molecule has 0 bridgehead atoms. The molecule has 26 heavy (non-hydrogen) atoms. The lowest BCUT2D eigenvalue weighted by molar-refractivity contribution is -0.117. The van der Waals surface area contributed by atoms with E-state index < -0.39 is 11.7 Å². The second kappa shape index (κ2) is 8.07. The predicted octanol–water partition coefficient (Wildman–Crippen LogP) is 3.21. The second-order valence-corrected chi connectivity index (χ2v) is 8.02. The normalized spacial score (nSPS) is 13.2. The average molecular weight is 426 g/mol. The Bertz CT molecular complexity index is 728. The zero-order valence-corrected chi connectivity index (χ0v) is 17.0. The van der Waals surface area contributed by atoms with Gasteiger partial charge >= 0.3 is 6.09 Å². The number of nitrogens with zero attached hydrogens (tertiary/aromatic N) is 1. The molecule has 3 amide bonds. The van der Waals surface area contributed by atoms with E-state index in [1.807, 2.05) is 6.07 Å². The van der Waals surface area contributed by atoms with E-state index in [0.717, 1.165) is 22.1 Å². The summed E-state index contributed by atoms with van der Waals surface area (Å²) in [7, 11) is 0. The Morgan fingerprint density at radius 1 is 1.27 bits per heavy atom. The molecule has 142 valence electrons. The Morgan fingerprint density at radius 2 is 1.96 bits per heavy atom. The van der Waals surface area contributed by atoms with Gasteiger partial charge in [-0.2, -0.15) is 0 Å². The fraction of sp³-hybridized carbons (Fsp3) is 0.500. The highest BCUT2D eigenvalue weighted by atomic mass is 79.9. The number of carbonyl (C=O) groups excluding carboxylic acids is 3. The molecule has 0 saturated carbocycles. The zero-order chi connectivity index (χ0) is 19.5. The molecule has 1 aliphatic rings. The van der Waals surface area contributed by atoms with Gasteiger partial charge in [-0.1, -0.05) is 15.9 Å². The number of ether oxygens (including phenoxy) is 1. The lowest BCUT2D eigenvalue weighted by Gasteiger charge is -2.20. The Kier molecular flexibility index (Phi) is 6.28. The van der Waals surface area contributed by atoms with Crippen LogP contribution in [-0.2, 0) is 20.7 Å². The van der Waals surface area contributed by atoms with Crippen molar-refractivity contribution < 1.29 is 19.1 Å². The number of hydrogen-bond donors (Lipinski definition) is 2. The maximum Gasteiger partial charge on any atom is 0.407 e. The van der Waals surface area contributed by atoms with Crippen LogP contribution in [0.2, 0.25) is 0 Å². The van der Waals surface area contributed by atoms with Gasteiger partial charge in [-0.15, -0.1) is 0 Å². The van der Waals surface area contributed by atoms with E-state index in [9.17, 15) is 14.4 Å². The van der Waals surface area contributed by atoms with Crippen LogP contribution in [0.3, 0.4) is 0 Å². The number of carbonyl (C=O) groups is 3. The van der Waals surface area contributed by atoms with E-state index in [4.69, 9.17) is 4.74 Å². The van der Waals surface area contributed by atoms with Crippen LogP contribution in [0.4, 0.5) is 16.2 Å². The Labute approximate surface area is 161 Å². The third kappa shape index (κ3) is 5.45. The van der Waals surface area contributed by atoms with E-state index in [2.05, 4.69) is 26.6 Å². The molecule has 8 heteroatoms. The lowest BCUT2D eigenvalue weighted by Crippen LogP contribution is -2.34. The van der Waals surface area contributed by atoms with Crippen molar-refractivity contribution in [2.75, 3.05) is 23.3 Å². The van der Waals surface area contributed by atoms with E-state index in [-0.39, 0.29) is 24.8 Å². The van der Waals surface area contributed by atoms with Crippen LogP contribution in [0.5, 0.6) is 0 Å². The molecule has 2 rings (SSSR count). The molecule has 1 heterocycles. The summed E-state index contributed by atoms with van der Waals surface area (Å²) in [5.74, 6) is -0.315. The first-order chi connectivity index (χ1) is 12.1. The van der Waals surface area contributed by atoms with Gasteiger partial charge in [-0.05, 0) is 44.9 Å². The van der Waals surface area contributed by atoms with Gasteiger partial charge < -0.3 is 20.3 Å². The molecule has 1 aliphatic heterocycles. The molecule has 0 spiro atoms. The van der Waals surface area contributed by atoms with E-state index in [0.29, 0.717) is 12.2 Å². The molecule has 0 fully saturated rings. The van der Waals surface area contributed by atoms with Crippen LogP contribution in [0, 0.1) is 0 Å². The van der Waals surface area contributed by atoms with Gasteiger partial charge in [0.25, 0.3) is 0 Å². The number of halogens is 1. The number of anilines is 2. The van der Waals surface area contributed by atoms with Gasteiger partial charge in [-0.3, -0.25) is 9.59 Å². The molecule has 7 nitrogen and oxygen atoms in total. The van der Waals surface area contributed by atoms with Crippen LogP contribution >= 0.6 is 15.9 Å². The summed E-state index contributed by atoms with van der Waals surface area (Å²) in [4.78, 5) is 37.3. The van der Waals surface area contributed by atoms with Crippen molar-refractivity contribution in [1.82, 2.24) is 5.32 Å². The minimum Gasteiger partial charge on any atom is -0.444 e. The lowest BCUT2D eigenvalue weighted by atomic mass is 10.1. The number of amides is 3. The highest BCUT2D eigenvalue weighted by molar-refractivity contribution is 9.10. The number of benzene rings is 1. The number of alkyl carbamates (subject to hydrolysis) is 1. The zero-order valence-electron chi connectivity index (χ0n) is 15.4. The molecular formula is C18H24BrN3O4. The van der Waals surface area contributed by atoms with Crippen molar-refractivity contribution >= 4 is 45.2 Å². The third-order valence-electron chi connectivity index (χ3n) is 3.70. The number of nitrogens with one attached hydrogen (secondary N) is 2. The van der Waals surface area contributed by atoms with Gasteiger partial charge in [-0.25, -0.2) is 4.79 Å². The molecule has 0 unspecified atom stereocenters. The Balaban J connectivity index is 1.98. The first-order valence-electron chi connectivity index (χ1n) is 8.44. The first kappa shape index (κ1) is 20.2. The summed E-state index contributed by atoms with van der Waals surface area (Å²) in [6.45, 7) is 7.58. The first-order valence-corrected chi connectivity index (χ1v) is 9.23. The van der Waals surface area contributed by atoms with Crippen LogP contribution in [0.25, 0.3) is 0 Å². The van der Waals surface area contributed by atoms with E-state index in [1.54, 1.807) is 31.7 Å². The monoisotopic (exact) mass is 425 g/mol. The predicted molar refractivity (Wildman–Crippen MR) is 103 cm³/mol. The van der Waals surface area contributed by atoms with Crippen LogP contribution in [0.1, 0.15) is 39.7 Å². The van der Waals surface area contributed by atoms with E-state index in [1.165, 1.54) is 6.92 Å². The highest BCUT2D eigenvalue weighted by Gasteiger charge is 2.26. The van der Waals surface area contributed by atoms with Crippen LogP contribution in [0.15, 0.2) is 16.6 Å². The summed E-state index contributed by atoms with van der Waals surface area (Å²) in [5, 5.41) is 5.39. The van der Waals surface area contributed by atoms with Crippen molar-refractivity contribution in [3.8, 4) is 0 Å². The molecule has 0 radical (unpaired) electrons. The SMILES string of the molecule is CC(=O)N1CCc2cc(Br)cc(NC(=O)CCNC(=O)OC(C)(C)C)c21. The van der Waals surface area contributed by atoms with Crippen molar-refractivity contribution in [1.29, 1.82) is 0 Å². The maximum absolute atomic E-state index is 12.2. The third-order valence-corrected chi connectivity index (χ3v) is 4.16. The molecule has 0 saturated heterocycles. The van der Waals surface area contributed by atoms with Gasteiger partial charge in [0.2, 0.25) is 11.8 Å². The van der Waals surface area contributed by atoms with Crippen molar-refractivity contribution in [3.05, 3.63) is 22.2 Å². The van der Waals surface area contributed by atoms with E-state index >= 15 is 0 Å². The van der Waals surface area contributed by atoms with Crippen molar-refractivity contribution in [3.63, 3.8) is 0 Å². The summed E-state index contributed by atoms with van der Waals surface area (Å²) in [6, 6.07) is 3.73. The second-order valence-electron chi connectivity index (χ2n) is 7.11. The molecule has 0 aromatic heterocycles. The Hall–Kier alpha value is -2.09. The number of fused-ring (bicyclic) bond motifs is 1. The molecule has 2 N–H and O–H groups in total. The molecule has 1 aromatic rings. The van der Waals surface area contributed by atoms with Crippen LogP contribution in [-0.4, -0.2) is 36.6 Å². The summed E-state index contributed by atoms with van der Waals surface area (Å²) in [5.41, 5.74) is 1.76. The van der Waals surface area contributed by atoms with Gasteiger partial charge in [0.15, 0.2) is 0 Å². The molecule has 0 atom stereocenters. The smallest absolute Gasteiger partial charge is 0.407 e. The summed E-state index contributed by atoms with van der Waals surface area (Å²) in [6.07, 6.45) is 0.286. The fourth-order valence-corrected chi connectivity index (χ4v) is 3.23. The standard InChI is InChI=1S/C18H24BrN3O4/c1-11(23)22-8-6-12-9-13(19)10-14(16(12)22)21-15(24)5-7-20-17(25)26-18(2,3)4/h9-10H,5-8H2,1-4H3,(H,20,25)(H,21,24). The van der Waals surface area contributed by atoms with Crippen LogP contribution < -0.4 is 15.5 Å².